The molecule has 2 N–H and O–H groups in total. The Balaban J connectivity index is 2.97. The lowest BCUT2D eigenvalue weighted by Crippen LogP contribution is -1.95. The van der Waals surface area contributed by atoms with Crippen molar-refractivity contribution in [1.82, 2.24) is 14.5 Å². The van der Waals surface area contributed by atoms with Crippen LogP contribution in [0.5, 0.6) is 0 Å². The highest BCUT2D eigenvalue weighted by Crippen LogP contribution is 2.23. The Labute approximate surface area is 76.4 Å². The molecule has 0 aliphatic carbocycles. The maximum atomic E-state index is 5.83. The molecule has 2 aromatic heterocycles. The third-order valence-electron chi connectivity index (χ3n) is 2.14. The van der Waals surface area contributed by atoms with Gasteiger partial charge in [-0.1, -0.05) is 0 Å². The van der Waals surface area contributed by atoms with Crippen LogP contribution in [0.25, 0.3) is 11.0 Å². The largest absolute Gasteiger partial charge is 0.397 e. The zero-order valence-electron chi connectivity index (χ0n) is 8.00. The molecule has 2 aromatic rings. The van der Waals surface area contributed by atoms with Gasteiger partial charge in [-0.05, 0) is 13.8 Å². The van der Waals surface area contributed by atoms with Gasteiger partial charge in [0.1, 0.15) is 11.5 Å². The van der Waals surface area contributed by atoms with Crippen LogP contribution in [-0.2, 0) is 7.05 Å². The minimum Gasteiger partial charge on any atom is -0.397 e. The topological polar surface area (TPSA) is 56.7 Å². The highest BCUT2D eigenvalue weighted by molar-refractivity contribution is 5.91. The van der Waals surface area contributed by atoms with Gasteiger partial charge in [-0.15, -0.1) is 0 Å². The van der Waals surface area contributed by atoms with E-state index in [4.69, 9.17) is 5.73 Å². The molecule has 13 heavy (non-hydrogen) atoms. The van der Waals surface area contributed by atoms with Gasteiger partial charge in [-0.3, -0.25) is 0 Å². The number of rotatable bonds is 0. The quantitative estimate of drug-likeness (QED) is 0.655. The molecule has 0 amide bonds. The summed E-state index contributed by atoms with van der Waals surface area (Å²) >= 11 is 0. The highest BCUT2D eigenvalue weighted by Gasteiger charge is 2.09. The molecule has 0 atom stereocenters. The fraction of sp³-hybridized carbons (Fsp3) is 0.333. The third kappa shape index (κ3) is 1.06. The van der Waals surface area contributed by atoms with E-state index in [0.717, 1.165) is 28.2 Å². The maximum absolute atomic E-state index is 5.83. The number of hydrogen-bond acceptors (Lipinski definition) is 3. The van der Waals surface area contributed by atoms with Crippen molar-refractivity contribution in [3.05, 3.63) is 17.7 Å². The van der Waals surface area contributed by atoms with Crippen molar-refractivity contribution in [2.45, 2.75) is 13.8 Å². The monoisotopic (exact) mass is 176 g/mol. The fourth-order valence-electron chi connectivity index (χ4n) is 1.62. The summed E-state index contributed by atoms with van der Waals surface area (Å²) in [7, 11) is 1.94. The molecule has 4 nitrogen and oxygen atoms in total. The summed E-state index contributed by atoms with van der Waals surface area (Å²) in [6, 6.07) is 0. The van der Waals surface area contributed by atoms with Crippen molar-refractivity contribution in [3.8, 4) is 0 Å². The van der Waals surface area contributed by atoms with Crippen molar-refractivity contribution in [2.75, 3.05) is 5.73 Å². The predicted molar refractivity (Wildman–Crippen MR) is 52.4 cm³/mol. The first-order chi connectivity index (χ1) is 6.09. The van der Waals surface area contributed by atoms with Crippen LogP contribution in [0.15, 0.2) is 6.20 Å². The molecule has 4 heteroatoms. The average Bonchev–Trinajstić information content (AvgIpc) is 2.27. The molecule has 0 saturated heterocycles. The first-order valence-corrected chi connectivity index (χ1v) is 4.15. The van der Waals surface area contributed by atoms with Crippen molar-refractivity contribution in [2.24, 2.45) is 7.05 Å². The number of aryl methyl sites for hydroxylation is 3. The molecular formula is C9H12N4. The van der Waals surface area contributed by atoms with Gasteiger partial charge in [0, 0.05) is 13.2 Å². The predicted octanol–water partition coefficient (Wildman–Crippen LogP) is 1.17. The Morgan fingerprint density at radius 2 is 2.00 bits per heavy atom. The highest BCUT2D eigenvalue weighted by atomic mass is 15.0. The summed E-state index contributed by atoms with van der Waals surface area (Å²) in [4.78, 5) is 8.60. The second-order valence-electron chi connectivity index (χ2n) is 3.25. The molecule has 0 aromatic carbocycles. The molecule has 0 aliphatic heterocycles. The van der Waals surface area contributed by atoms with Crippen LogP contribution in [0.1, 0.15) is 11.5 Å². The van der Waals surface area contributed by atoms with Gasteiger partial charge < -0.3 is 10.3 Å². The zero-order chi connectivity index (χ0) is 9.59. The van der Waals surface area contributed by atoms with Crippen LogP contribution in [0.4, 0.5) is 5.69 Å². The van der Waals surface area contributed by atoms with E-state index in [1.165, 1.54) is 0 Å². The number of fused-ring (bicyclic) bond motifs is 1. The molecule has 0 aliphatic rings. The summed E-state index contributed by atoms with van der Waals surface area (Å²) < 4.78 is 1.92. The lowest BCUT2D eigenvalue weighted by atomic mass is 10.3. The second-order valence-corrected chi connectivity index (χ2v) is 3.25. The van der Waals surface area contributed by atoms with E-state index in [-0.39, 0.29) is 0 Å². The molecule has 0 spiro atoms. The summed E-state index contributed by atoms with van der Waals surface area (Å²) in [5.41, 5.74) is 8.42. The standard InChI is InChI=1S/C9H12N4/c1-5-8-7(10)4-13(3)9(8)12-6(2)11-5/h4H,10H2,1-3H3. The lowest BCUT2D eigenvalue weighted by molar-refractivity contribution is 0.927. The first kappa shape index (κ1) is 8.04. The van der Waals surface area contributed by atoms with Gasteiger partial charge in [0.05, 0.1) is 16.8 Å². The Kier molecular flexibility index (Phi) is 1.52. The zero-order valence-corrected chi connectivity index (χ0v) is 8.00. The van der Waals surface area contributed by atoms with E-state index >= 15 is 0 Å². The van der Waals surface area contributed by atoms with E-state index < -0.39 is 0 Å². The molecule has 0 radical (unpaired) electrons. The van der Waals surface area contributed by atoms with E-state index in [9.17, 15) is 0 Å². The summed E-state index contributed by atoms with van der Waals surface area (Å²) in [5.74, 6) is 0.784. The van der Waals surface area contributed by atoms with E-state index in [1.54, 1.807) is 0 Å². The Morgan fingerprint density at radius 3 is 2.69 bits per heavy atom. The normalized spacial score (nSPS) is 11.0. The van der Waals surface area contributed by atoms with Crippen molar-refractivity contribution < 1.29 is 0 Å². The number of anilines is 1. The van der Waals surface area contributed by atoms with Gasteiger partial charge in [0.2, 0.25) is 0 Å². The molecule has 2 heterocycles. The molecule has 0 bridgehead atoms. The number of nitrogen functional groups attached to an aromatic ring is 1. The van der Waals surface area contributed by atoms with Gasteiger partial charge in [-0.25, -0.2) is 9.97 Å². The van der Waals surface area contributed by atoms with Crippen molar-refractivity contribution in [3.63, 3.8) is 0 Å². The minimum atomic E-state index is 0.745. The number of hydrogen-bond donors (Lipinski definition) is 1. The van der Waals surface area contributed by atoms with Crippen molar-refractivity contribution >= 4 is 16.7 Å². The minimum absolute atomic E-state index is 0.745. The number of aromatic nitrogens is 3. The van der Waals surface area contributed by atoms with Gasteiger partial charge >= 0.3 is 0 Å². The second kappa shape index (κ2) is 2.45. The van der Waals surface area contributed by atoms with E-state index in [2.05, 4.69) is 9.97 Å². The Hall–Kier alpha value is -1.58. The molecule has 0 unspecified atom stereocenters. The Morgan fingerprint density at radius 1 is 1.31 bits per heavy atom. The fourth-order valence-corrected chi connectivity index (χ4v) is 1.62. The number of nitrogens with two attached hydrogens (primary N) is 1. The SMILES string of the molecule is Cc1nc(C)c2c(N)cn(C)c2n1. The van der Waals surface area contributed by atoms with Crippen LogP contribution in [0.3, 0.4) is 0 Å². The summed E-state index contributed by atoms with van der Waals surface area (Å²) in [6.45, 7) is 3.84. The number of nitrogens with zero attached hydrogens (tertiary/aromatic N) is 3. The van der Waals surface area contributed by atoms with Crippen LogP contribution >= 0.6 is 0 Å². The van der Waals surface area contributed by atoms with Crippen molar-refractivity contribution in [1.29, 1.82) is 0 Å². The van der Waals surface area contributed by atoms with Gasteiger partial charge in [0.25, 0.3) is 0 Å². The van der Waals surface area contributed by atoms with Crippen LogP contribution in [0.2, 0.25) is 0 Å². The van der Waals surface area contributed by atoms with Gasteiger partial charge in [-0.2, -0.15) is 0 Å². The molecule has 0 fully saturated rings. The van der Waals surface area contributed by atoms with Crippen LogP contribution in [-0.4, -0.2) is 14.5 Å². The Bertz CT molecular complexity index is 470. The smallest absolute Gasteiger partial charge is 0.145 e. The molecule has 68 valence electrons. The van der Waals surface area contributed by atoms with Crippen LogP contribution in [0, 0.1) is 13.8 Å². The summed E-state index contributed by atoms with van der Waals surface area (Å²) in [6.07, 6.45) is 1.87. The van der Waals surface area contributed by atoms with E-state index in [1.807, 2.05) is 31.7 Å². The molecule has 0 saturated carbocycles. The first-order valence-electron chi connectivity index (χ1n) is 4.15. The van der Waals surface area contributed by atoms with Gasteiger partial charge in [0.15, 0.2) is 0 Å². The third-order valence-corrected chi connectivity index (χ3v) is 2.14. The van der Waals surface area contributed by atoms with E-state index in [0.29, 0.717) is 0 Å². The lowest BCUT2D eigenvalue weighted by Gasteiger charge is -1.99. The summed E-state index contributed by atoms with van der Waals surface area (Å²) in [5, 5.41) is 0.966. The molecular weight excluding hydrogens is 164 g/mol. The van der Waals surface area contributed by atoms with Crippen LogP contribution < -0.4 is 5.73 Å². The molecule has 2 rings (SSSR count). The maximum Gasteiger partial charge on any atom is 0.145 e. The average molecular weight is 176 g/mol.